The quantitative estimate of drug-likeness (QED) is 0.821. The fourth-order valence-corrected chi connectivity index (χ4v) is 2.89. The number of rotatable bonds is 7. The average molecular weight is 319 g/mol. The molecule has 0 fully saturated rings. The zero-order valence-corrected chi connectivity index (χ0v) is 13.6. The lowest BCUT2D eigenvalue weighted by Gasteiger charge is -2.10. The van der Waals surface area contributed by atoms with Crippen LogP contribution in [0.4, 0.5) is 11.5 Å². The Bertz CT molecular complexity index is 683. The summed E-state index contributed by atoms with van der Waals surface area (Å²) in [7, 11) is -3.59. The molecule has 0 aliphatic rings. The van der Waals surface area contributed by atoms with E-state index >= 15 is 0 Å². The first-order valence-electron chi connectivity index (χ1n) is 7.25. The standard InChI is InChI=1S/C16H21N3O2S/c1-13(2)10-11-17-14-8-9-16(18-12-14)19-22(20,21)15-6-4-3-5-7-15/h3-9,12-13,17H,10-11H2,1-2H3,(H,18,19). The Labute approximate surface area is 131 Å². The van der Waals surface area contributed by atoms with Gasteiger partial charge in [-0.2, -0.15) is 0 Å². The Morgan fingerprint density at radius 1 is 1.09 bits per heavy atom. The first-order chi connectivity index (χ1) is 10.5. The van der Waals surface area contributed by atoms with Gasteiger partial charge in [-0.25, -0.2) is 13.4 Å². The predicted molar refractivity (Wildman–Crippen MR) is 89.4 cm³/mol. The Balaban J connectivity index is 1.99. The van der Waals surface area contributed by atoms with Gasteiger partial charge in [-0.15, -0.1) is 0 Å². The largest absolute Gasteiger partial charge is 0.384 e. The highest BCUT2D eigenvalue weighted by atomic mass is 32.2. The molecule has 0 aliphatic heterocycles. The van der Waals surface area contributed by atoms with E-state index in [4.69, 9.17) is 0 Å². The highest BCUT2D eigenvalue weighted by Gasteiger charge is 2.13. The third kappa shape index (κ3) is 4.73. The second-order valence-electron chi connectivity index (χ2n) is 5.46. The van der Waals surface area contributed by atoms with E-state index in [0.29, 0.717) is 11.7 Å². The second kappa shape index (κ2) is 7.26. The van der Waals surface area contributed by atoms with Gasteiger partial charge in [-0.1, -0.05) is 32.0 Å². The topological polar surface area (TPSA) is 71.1 Å². The third-order valence-corrected chi connectivity index (χ3v) is 4.48. The molecule has 0 saturated heterocycles. The molecule has 0 bridgehead atoms. The molecule has 0 spiro atoms. The molecule has 22 heavy (non-hydrogen) atoms. The fraction of sp³-hybridized carbons (Fsp3) is 0.312. The van der Waals surface area contributed by atoms with E-state index in [1.807, 2.05) is 6.07 Å². The van der Waals surface area contributed by atoms with Gasteiger partial charge in [-0.3, -0.25) is 4.72 Å². The minimum Gasteiger partial charge on any atom is -0.384 e. The van der Waals surface area contributed by atoms with Crippen molar-refractivity contribution in [3.8, 4) is 0 Å². The Hall–Kier alpha value is -2.08. The van der Waals surface area contributed by atoms with Crippen molar-refractivity contribution in [3.05, 3.63) is 48.7 Å². The summed E-state index contributed by atoms with van der Waals surface area (Å²) in [6.45, 7) is 5.21. The van der Waals surface area contributed by atoms with Crippen molar-refractivity contribution in [2.24, 2.45) is 5.92 Å². The lowest BCUT2D eigenvalue weighted by molar-refractivity contribution is 0.601. The van der Waals surface area contributed by atoms with E-state index < -0.39 is 10.0 Å². The number of sulfonamides is 1. The molecule has 1 aromatic carbocycles. The van der Waals surface area contributed by atoms with Crippen molar-refractivity contribution in [2.45, 2.75) is 25.2 Å². The SMILES string of the molecule is CC(C)CCNc1ccc(NS(=O)(=O)c2ccccc2)nc1. The maximum Gasteiger partial charge on any atom is 0.263 e. The maximum absolute atomic E-state index is 12.2. The summed E-state index contributed by atoms with van der Waals surface area (Å²) in [6.07, 6.45) is 2.70. The van der Waals surface area contributed by atoms with E-state index in [0.717, 1.165) is 18.7 Å². The fourth-order valence-electron chi connectivity index (χ4n) is 1.86. The van der Waals surface area contributed by atoms with E-state index in [1.54, 1.807) is 42.6 Å². The maximum atomic E-state index is 12.2. The van der Waals surface area contributed by atoms with E-state index in [9.17, 15) is 8.42 Å². The van der Waals surface area contributed by atoms with Crippen LogP contribution in [0.2, 0.25) is 0 Å². The van der Waals surface area contributed by atoms with Crippen LogP contribution in [-0.2, 0) is 10.0 Å². The number of nitrogens with one attached hydrogen (secondary N) is 2. The molecule has 2 aromatic rings. The Kier molecular flexibility index (Phi) is 5.38. The molecule has 0 aliphatic carbocycles. The van der Waals surface area contributed by atoms with Crippen molar-refractivity contribution < 1.29 is 8.42 Å². The summed E-state index contributed by atoms with van der Waals surface area (Å²) >= 11 is 0. The molecule has 0 unspecified atom stereocenters. The monoisotopic (exact) mass is 319 g/mol. The van der Waals surface area contributed by atoms with Crippen LogP contribution < -0.4 is 10.0 Å². The van der Waals surface area contributed by atoms with E-state index in [2.05, 4.69) is 28.9 Å². The summed E-state index contributed by atoms with van der Waals surface area (Å²) in [4.78, 5) is 4.35. The number of pyridine rings is 1. The number of hydrogen-bond acceptors (Lipinski definition) is 4. The zero-order chi connectivity index (χ0) is 16.0. The first kappa shape index (κ1) is 16.3. The highest BCUT2D eigenvalue weighted by molar-refractivity contribution is 7.92. The molecule has 0 amide bonds. The van der Waals surface area contributed by atoms with Crippen LogP contribution in [0.3, 0.4) is 0 Å². The minimum atomic E-state index is -3.59. The van der Waals surface area contributed by atoms with Gasteiger partial charge in [-0.05, 0) is 36.6 Å². The van der Waals surface area contributed by atoms with E-state index in [1.165, 1.54) is 0 Å². The molecule has 2 N–H and O–H groups in total. The Morgan fingerprint density at radius 2 is 1.82 bits per heavy atom. The lowest BCUT2D eigenvalue weighted by atomic mass is 10.1. The summed E-state index contributed by atoms with van der Waals surface area (Å²) in [5, 5.41) is 3.26. The van der Waals surface area contributed by atoms with Crippen LogP contribution >= 0.6 is 0 Å². The second-order valence-corrected chi connectivity index (χ2v) is 7.14. The zero-order valence-electron chi connectivity index (χ0n) is 12.8. The summed E-state index contributed by atoms with van der Waals surface area (Å²) in [5.74, 6) is 0.940. The molecule has 0 atom stereocenters. The molecule has 0 radical (unpaired) electrons. The molecule has 6 heteroatoms. The summed E-state index contributed by atoms with van der Waals surface area (Å²) < 4.78 is 26.8. The van der Waals surface area contributed by atoms with Gasteiger partial charge >= 0.3 is 0 Å². The van der Waals surface area contributed by atoms with Gasteiger partial charge in [0.15, 0.2) is 0 Å². The van der Waals surface area contributed by atoms with Crippen molar-refractivity contribution >= 4 is 21.5 Å². The molecule has 0 saturated carbocycles. The minimum absolute atomic E-state index is 0.218. The molecular weight excluding hydrogens is 298 g/mol. The molecule has 2 rings (SSSR count). The van der Waals surface area contributed by atoms with Gasteiger partial charge in [0, 0.05) is 6.54 Å². The Morgan fingerprint density at radius 3 is 2.41 bits per heavy atom. The predicted octanol–water partition coefficient (Wildman–Crippen LogP) is 3.34. The summed E-state index contributed by atoms with van der Waals surface area (Å²) in [6, 6.07) is 11.7. The summed E-state index contributed by atoms with van der Waals surface area (Å²) in [5.41, 5.74) is 0.878. The van der Waals surface area contributed by atoms with Gasteiger partial charge in [0.1, 0.15) is 5.82 Å². The van der Waals surface area contributed by atoms with Gasteiger partial charge in [0.05, 0.1) is 16.8 Å². The van der Waals surface area contributed by atoms with Crippen LogP contribution in [0.5, 0.6) is 0 Å². The van der Waals surface area contributed by atoms with Gasteiger partial charge in [0.2, 0.25) is 0 Å². The number of nitrogens with zero attached hydrogens (tertiary/aromatic N) is 1. The molecular formula is C16H21N3O2S. The average Bonchev–Trinajstić information content (AvgIpc) is 2.49. The van der Waals surface area contributed by atoms with Crippen LogP contribution in [0.1, 0.15) is 20.3 Å². The number of benzene rings is 1. The smallest absolute Gasteiger partial charge is 0.263 e. The van der Waals surface area contributed by atoms with Crippen molar-refractivity contribution in [2.75, 3.05) is 16.6 Å². The van der Waals surface area contributed by atoms with Crippen molar-refractivity contribution in [1.29, 1.82) is 0 Å². The van der Waals surface area contributed by atoms with Crippen molar-refractivity contribution in [1.82, 2.24) is 4.98 Å². The number of aromatic nitrogens is 1. The van der Waals surface area contributed by atoms with Crippen LogP contribution in [0.25, 0.3) is 0 Å². The van der Waals surface area contributed by atoms with Crippen LogP contribution in [0.15, 0.2) is 53.6 Å². The number of hydrogen-bond donors (Lipinski definition) is 2. The van der Waals surface area contributed by atoms with Crippen LogP contribution in [0, 0.1) is 5.92 Å². The molecule has 118 valence electrons. The lowest BCUT2D eigenvalue weighted by Crippen LogP contribution is -2.14. The highest BCUT2D eigenvalue weighted by Crippen LogP contribution is 2.15. The van der Waals surface area contributed by atoms with Gasteiger partial charge < -0.3 is 5.32 Å². The molecule has 1 heterocycles. The van der Waals surface area contributed by atoms with Gasteiger partial charge in [0.25, 0.3) is 10.0 Å². The first-order valence-corrected chi connectivity index (χ1v) is 8.73. The van der Waals surface area contributed by atoms with E-state index in [-0.39, 0.29) is 4.90 Å². The number of anilines is 2. The third-order valence-electron chi connectivity index (χ3n) is 3.11. The molecule has 5 nitrogen and oxygen atoms in total. The molecule has 1 aromatic heterocycles. The normalized spacial score (nSPS) is 11.4. The van der Waals surface area contributed by atoms with Crippen LogP contribution in [-0.4, -0.2) is 19.9 Å². The van der Waals surface area contributed by atoms with Crippen molar-refractivity contribution in [3.63, 3.8) is 0 Å².